The molecular formula is C15H26N2S. The summed E-state index contributed by atoms with van der Waals surface area (Å²) in [7, 11) is 0. The number of aromatic nitrogens is 1. The van der Waals surface area contributed by atoms with Crippen molar-refractivity contribution in [2.45, 2.75) is 65.3 Å². The Morgan fingerprint density at radius 2 is 2.00 bits per heavy atom. The third-order valence-electron chi connectivity index (χ3n) is 3.96. The molecule has 0 amide bonds. The predicted octanol–water partition coefficient (Wildman–Crippen LogP) is 4.11. The molecule has 0 spiro atoms. The Labute approximate surface area is 115 Å². The normalized spacial score (nSPS) is 19.3. The molecule has 102 valence electrons. The van der Waals surface area contributed by atoms with Gasteiger partial charge in [0.15, 0.2) is 0 Å². The summed E-state index contributed by atoms with van der Waals surface area (Å²) in [5.41, 5.74) is 1.92. The lowest BCUT2D eigenvalue weighted by molar-refractivity contribution is 0.314. The lowest BCUT2D eigenvalue weighted by atomic mass is 9.89. The number of hydrogen-bond acceptors (Lipinski definition) is 3. The van der Waals surface area contributed by atoms with E-state index in [1.165, 1.54) is 36.4 Å². The summed E-state index contributed by atoms with van der Waals surface area (Å²) in [6.07, 6.45) is 5.57. The highest BCUT2D eigenvalue weighted by Crippen LogP contribution is 2.36. The quantitative estimate of drug-likeness (QED) is 0.887. The average molecular weight is 266 g/mol. The zero-order valence-electron chi connectivity index (χ0n) is 12.2. The van der Waals surface area contributed by atoms with Gasteiger partial charge in [-0.1, -0.05) is 40.5 Å². The monoisotopic (exact) mass is 266 g/mol. The predicted molar refractivity (Wildman–Crippen MR) is 79.1 cm³/mol. The molecule has 0 aliphatic heterocycles. The average Bonchev–Trinajstić information content (AvgIpc) is 2.87. The van der Waals surface area contributed by atoms with Crippen molar-refractivity contribution in [2.24, 2.45) is 5.41 Å². The molecule has 1 aliphatic rings. The van der Waals surface area contributed by atoms with Crippen molar-refractivity contribution in [3.8, 4) is 0 Å². The lowest BCUT2D eigenvalue weighted by Gasteiger charge is -2.23. The van der Waals surface area contributed by atoms with Crippen LogP contribution in [-0.4, -0.2) is 11.5 Å². The Balaban J connectivity index is 1.82. The van der Waals surface area contributed by atoms with E-state index in [0.29, 0.717) is 5.41 Å². The molecule has 0 atom stereocenters. The second-order valence-electron chi connectivity index (χ2n) is 7.00. The van der Waals surface area contributed by atoms with E-state index in [2.05, 4.69) is 38.4 Å². The van der Waals surface area contributed by atoms with Crippen molar-refractivity contribution in [3.63, 3.8) is 0 Å². The molecule has 0 aromatic carbocycles. The first-order chi connectivity index (χ1) is 8.39. The molecule has 1 aromatic rings. The van der Waals surface area contributed by atoms with Gasteiger partial charge in [0.1, 0.15) is 5.01 Å². The zero-order chi connectivity index (χ0) is 13.2. The first-order valence-electron chi connectivity index (χ1n) is 7.05. The second kappa shape index (κ2) is 5.30. The molecule has 0 saturated heterocycles. The molecule has 0 bridgehead atoms. The molecule has 1 fully saturated rings. The third-order valence-corrected chi connectivity index (χ3v) is 4.81. The maximum atomic E-state index is 4.72. The smallest absolute Gasteiger partial charge is 0.107 e. The fraction of sp³-hybridized carbons (Fsp3) is 0.800. The van der Waals surface area contributed by atoms with E-state index in [1.54, 1.807) is 11.3 Å². The largest absolute Gasteiger partial charge is 0.310 e. The molecule has 0 radical (unpaired) electrons. The van der Waals surface area contributed by atoms with E-state index in [9.17, 15) is 0 Å². The molecule has 1 aliphatic carbocycles. The summed E-state index contributed by atoms with van der Waals surface area (Å²) in [5, 5.41) is 7.02. The second-order valence-corrected chi connectivity index (χ2v) is 7.94. The van der Waals surface area contributed by atoms with Gasteiger partial charge < -0.3 is 5.32 Å². The van der Waals surface area contributed by atoms with Crippen molar-refractivity contribution < 1.29 is 0 Å². The van der Waals surface area contributed by atoms with Crippen molar-refractivity contribution >= 4 is 11.3 Å². The van der Waals surface area contributed by atoms with E-state index >= 15 is 0 Å². The molecular weight excluding hydrogens is 240 g/mol. The van der Waals surface area contributed by atoms with E-state index in [4.69, 9.17) is 4.98 Å². The molecule has 0 unspecified atom stereocenters. The van der Waals surface area contributed by atoms with Crippen molar-refractivity contribution in [1.29, 1.82) is 0 Å². The molecule has 1 aromatic heterocycles. The minimum absolute atomic E-state index is 0.173. The van der Waals surface area contributed by atoms with E-state index < -0.39 is 0 Å². The van der Waals surface area contributed by atoms with Crippen LogP contribution in [0.4, 0.5) is 0 Å². The summed E-state index contributed by atoms with van der Waals surface area (Å²) in [6.45, 7) is 11.1. The molecule has 1 heterocycles. The van der Waals surface area contributed by atoms with Gasteiger partial charge in [0, 0.05) is 23.9 Å². The minimum Gasteiger partial charge on any atom is -0.310 e. The molecule has 1 N–H and O–H groups in total. The maximum absolute atomic E-state index is 4.72. The Morgan fingerprint density at radius 3 is 2.56 bits per heavy atom. The first-order valence-corrected chi connectivity index (χ1v) is 7.93. The van der Waals surface area contributed by atoms with Crippen molar-refractivity contribution in [3.05, 3.63) is 16.1 Å². The fourth-order valence-electron chi connectivity index (χ4n) is 2.61. The van der Waals surface area contributed by atoms with Gasteiger partial charge in [-0.15, -0.1) is 11.3 Å². The molecule has 2 rings (SSSR count). The van der Waals surface area contributed by atoms with Crippen molar-refractivity contribution in [2.75, 3.05) is 6.54 Å². The van der Waals surface area contributed by atoms with Crippen LogP contribution in [0.15, 0.2) is 5.38 Å². The Kier molecular flexibility index (Phi) is 4.12. The van der Waals surface area contributed by atoms with E-state index in [1.807, 2.05) is 0 Å². The van der Waals surface area contributed by atoms with Gasteiger partial charge in [-0.05, 0) is 18.3 Å². The molecule has 2 nitrogen and oxygen atoms in total. The lowest BCUT2D eigenvalue weighted by Crippen LogP contribution is -2.29. The van der Waals surface area contributed by atoms with Gasteiger partial charge in [-0.25, -0.2) is 4.98 Å². The number of nitrogens with zero attached hydrogens (tertiary/aromatic N) is 1. The maximum Gasteiger partial charge on any atom is 0.107 e. The SMILES string of the molecule is CC1(CNCc2nc(C(C)(C)C)cs2)CCCC1. The number of nitrogens with one attached hydrogen (secondary N) is 1. The van der Waals surface area contributed by atoms with Gasteiger partial charge in [-0.3, -0.25) is 0 Å². The molecule has 18 heavy (non-hydrogen) atoms. The van der Waals surface area contributed by atoms with Crippen LogP contribution in [0.5, 0.6) is 0 Å². The first kappa shape index (κ1) is 14.0. The minimum atomic E-state index is 0.173. The van der Waals surface area contributed by atoms with E-state index in [0.717, 1.165) is 13.1 Å². The summed E-state index contributed by atoms with van der Waals surface area (Å²) < 4.78 is 0. The zero-order valence-corrected chi connectivity index (χ0v) is 13.0. The molecule has 1 saturated carbocycles. The number of rotatable bonds is 4. The van der Waals surface area contributed by atoms with Gasteiger partial charge in [-0.2, -0.15) is 0 Å². The summed E-state index contributed by atoms with van der Waals surface area (Å²) in [4.78, 5) is 4.72. The van der Waals surface area contributed by atoms with Crippen LogP contribution in [0.3, 0.4) is 0 Å². The fourth-order valence-corrected chi connectivity index (χ4v) is 3.60. The van der Waals surface area contributed by atoms with Crippen molar-refractivity contribution in [1.82, 2.24) is 10.3 Å². The number of thiazole rings is 1. The topological polar surface area (TPSA) is 24.9 Å². The van der Waals surface area contributed by atoms with Crippen LogP contribution in [0.25, 0.3) is 0 Å². The Hall–Kier alpha value is -0.410. The Morgan fingerprint density at radius 1 is 1.33 bits per heavy atom. The van der Waals surface area contributed by atoms with Gasteiger partial charge in [0.2, 0.25) is 0 Å². The van der Waals surface area contributed by atoms with Crippen LogP contribution in [0.2, 0.25) is 0 Å². The molecule has 3 heteroatoms. The summed E-state index contributed by atoms with van der Waals surface area (Å²) in [5.74, 6) is 0. The highest BCUT2D eigenvalue weighted by atomic mass is 32.1. The summed E-state index contributed by atoms with van der Waals surface area (Å²) >= 11 is 1.78. The third kappa shape index (κ3) is 3.55. The van der Waals surface area contributed by atoms with Crippen LogP contribution in [0.1, 0.15) is 64.1 Å². The van der Waals surface area contributed by atoms with Gasteiger partial charge in [0.25, 0.3) is 0 Å². The van der Waals surface area contributed by atoms with Crippen LogP contribution in [-0.2, 0) is 12.0 Å². The highest BCUT2D eigenvalue weighted by molar-refractivity contribution is 7.09. The van der Waals surface area contributed by atoms with Gasteiger partial charge >= 0.3 is 0 Å². The van der Waals surface area contributed by atoms with E-state index in [-0.39, 0.29) is 5.41 Å². The number of hydrogen-bond donors (Lipinski definition) is 1. The van der Waals surface area contributed by atoms with Crippen LogP contribution >= 0.6 is 11.3 Å². The van der Waals surface area contributed by atoms with Gasteiger partial charge in [0.05, 0.1) is 5.69 Å². The standard InChI is InChI=1S/C15H26N2S/c1-14(2,3)12-10-18-13(17-12)9-16-11-15(4)7-5-6-8-15/h10,16H,5-9,11H2,1-4H3. The van der Waals surface area contributed by atoms with Crippen LogP contribution in [0, 0.1) is 5.41 Å². The summed E-state index contributed by atoms with van der Waals surface area (Å²) in [6, 6.07) is 0. The Bertz CT molecular complexity index is 383. The highest BCUT2D eigenvalue weighted by Gasteiger charge is 2.28. The van der Waals surface area contributed by atoms with Crippen LogP contribution < -0.4 is 5.32 Å².